The van der Waals surface area contributed by atoms with Gasteiger partial charge in [-0.1, -0.05) is 20.8 Å². The summed E-state index contributed by atoms with van der Waals surface area (Å²) < 4.78 is 10.6. The lowest BCUT2D eigenvalue weighted by molar-refractivity contribution is -0.141. The number of rotatable bonds is 3. The predicted molar refractivity (Wildman–Crippen MR) is 104 cm³/mol. The number of ether oxygens (including phenoxy) is 1. The topological polar surface area (TPSA) is 87.6 Å². The van der Waals surface area contributed by atoms with E-state index in [1.165, 1.54) is 11.5 Å². The Bertz CT molecular complexity index is 716. The van der Waals surface area contributed by atoms with Gasteiger partial charge in [-0.2, -0.15) is 4.37 Å². The fourth-order valence-electron chi connectivity index (χ4n) is 4.65. The molecule has 1 amide bonds. The molecule has 1 aromatic heterocycles. The summed E-state index contributed by atoms with van der Waals surface area (Å²) in [5, 5.41) is 14.8. The second-order valence-electron chi connectivity index (χ2n) is 9.52. The Morgan fingerprint density at radius 3 is 2.67 bits per heavy atom. The van der Waals surface area contributed by atoms with Gasteiger partial charge in [-0.25, -0.2) is 4.98 Å². The molecular formula is C19H30N4O3S. The van der Waals surface area contributed by atoms with Crippen molar-refractivity contribution in [2.45, 2.75) is 70.8 Å². The Balaban J connectivity index is 1.53. The fourth-order valence-corrected chi connectivity index (χ4v) is 5.52. The second kappa shape index (κ2) is 6.67. The number of carbonyl (C=O) groups is 1. The van der Waals surface area contributed by atoms with Crippen LogP contribution in [0.3, 0.4) is 0 Å². The van der Waals surface area contributed by atoms with Crippen LogP contribution < -0.4 is 10.2 Å². The molecule has 0 spiro atoms. The lowest BCUT2D eigenvalue weighted by Crippen LogP contribution is -2.47. The maximum atomic E-state index is 12.7. The number of hydrogen-bond donors (Lipinski definition) is 2. The van der Waals surface area contributed by atoms with Gasteiger partial charge in [-0.3, -0.25) is 4.79 Å². The minimum absolute atomic E-state index is 0.0507. The van der Waals surface area contributed by atoms with Crippen molar-refractivity contribution in [3.8, 4) is 0 Å². The zero-order valence-corrected chi connectivity index (χ0v) is 17.5. The number of anilines is 1. The Kier molecular flexibility index (Phi) is 4.71. The average molecular weight is 395 g/mol. The Morgan fingerprint density at radius 2 is 2.04 bits per heavy atom. The molecule has 27 heavy (non-hydrogen) atoms. The highest BCUT2D eigenvalue weighted by atomic mass is 32.1. The van der Waals surface area contributed by atoms with E-state index in [0.29, 0.717) is 6.42 Å². The van der Waals surface area contributed by atoms with Gasteiger partial charge >= 0.3 is 0 Å². The average Bonchev–Trinajstić information content (AvgIpc) is 3.28. The van der Waals surface area contributed by atoms with Gasteiger partial charge in [-0.15, -0.1) is 0 Å². The number of fused-ring (bicyclic) bond motifs is 4. The minimum Gasteiger partial charge on any atom is -0.390 e. The fraction of sp³-hybridized carbons (Fsp3) is 0.842. The molecule has 8 heteroatoms. The van der Waals surface area contributed by atoms with E-state index in [2.05, 4.69) is 35.4 Å². The molecule has 4 heterocycles. The van der Waals surface area contributed by atoms with Gasteiger partial charge in [0.1, 0.15) is 5.82 Å². The van der Waals surface area contributed by atoms with Crippen LogP contribution in [0.15, 0.2) is 0 Å². The van der Waals surface area contributed by atoms with E-state index in [1.54, 1.807) is 0 Å². The number of aliphatic hydroxyl groups is 1. The van der Waals surface area contributed by atoms with Gasteiger partial charge in [0, 0.05) is 47.9 Å². The molecule has 3 aliphatic heterocycles. The molecule has 0 aromatic carbocycles. The molecule has 150 valence electrons. The molecular weight excluding hydrogens is 364 g/mol. The number of amides is 1. The minimum atomic E-state index is -0.525. The van der Waals surface area contributed by atoms with Crippen molar-refractivity contribution in [1.82, 2.24) is 14.7 Å². The largest absolute Gasteiger partial charge is 0.390 e. The van der Waals surface area contributed by atoms with E-state index in [4.69, 9.17) is 9.72 Å². The first-order valence-electron chi connectivity index (χ1n) is 9.88. The molecule has 0 aliphatic carbocycles. The predicted octanol–water partition coefficient (Wildman–Crippen LogP) is 1.56. The molecule has 3 aliphatic rings. The van der Waals surface area contributed by atoms with Gasteiger partial charge in [0.25, 0.3) is 0 Å². The van der Waals surface area contributed by atoms with Crippen molar-refractivity contribution in [1.29, 1.82) is 0 Å². The summed E-state index contributed by atoms with van der Waals surface area (Å²) in [5.74, 6) is 0.984. The van der Waals surface area contributed by atoms with Gasteiger partial charge < -0.3 is 20.1 Å². The summed E-state index contributed by atoms with van der Waals surface area (Å²) in [5.41, 5.74) is -0.0804. The number of hydrogen-bond acceptors (Lipinski definition) is 7. The first-order chi connectivity index (χ1) is 12.6. The summed E-state index contributed by atoms with van der Waals surface area (Å²) in [6, 6.07) is 0.107. The maximum Gasteiger partial charge on any atom is 0.226 e. The van der Waals surface area contributed by atoms with Gasteiger partial charge in [-0.05, 0) is 20.3 Å². The first kappa shape index (κ1) is 19.1. The summed E-state index contributed by atoms with van der Waals surface area (Å²) in [4.78, 5) is 19.6. The van der Waals surface area contributed by atoms with E-state index in [1.807, 2.05) is 13.8 Å². The first-order valence-corrected chi connectivity index (χ1v) is 10.7. The Labute approximate surface area is 164 Å². The van der Waals surface area contributed by atoms with Crippen LogP contribution in [0.25, 0.3) is 0 Å². The van der Waals surface area contributed by atoms with Crippen molar-refractivity contribution in [2.24, 2.45) is 17.8 Å². The quantitative estimate of drug-likeness (QED) is 0.809. The molecule has 3 fully saturated rings. The maximum absolute atomic E-state index is 12.7. The summed E-state index contributed by atoms with van der Waals surface area (Å²) in [6.07, 6.45) is -0.270. The molecule has 1 aromatic rings. The highest BCUT2D eigenvalue weighted by Gasteiger charge is 2.58. The Morgan fingerprint density at radius 1 is 1.33 bits per heavy atom. The van der Waals surface area contributed by atoms with Crippen LogP contribution in [-0.4, -0.2) is 57.8 Å². The van der Waals surface area contributed by atoms with Crippen LogP contribution in [-0.2, 0) is 14.9 Å². The van der Waals surface area contributed by atoms with Crippen molar-refractivity contribution in [3.63, 3.8) is 0 Å². The molecule has 4 rings (SSSR count). The third kappa shape index (κ3) is 3.36. The monoisotopic (exact) mass is 394 g/mol. The summed E-state index contributed by atoms with van der Waals surface area (Å²) >= 11 is 1.42. The van der Waals surface area contributed by atoms with Crippen molar-refractivity contribution in [2.75, 3.05) is 18.0 Å². The van der Waals surface area contributed by atoms with Crippen LogP contribution in [0.2, 0.25) is 0 Å². The van der Waals surface area contributed by atoms with Crippen molar-refractivity contribution in [3.05, 3.63) is 5.82 Å². The standard InChI is InChI=1S/C19H30N4O3S/c1-9(2)20-16(25)10-6-13-14(24)11-7-23(8-12(11)15(10)26-13)18-21-17(22-27-18)19(3,4)5/h9-15,24H,6-8H2,1-5H3,(H,20,25)/t10?,11-,12+,13+,14+,15-/m1/s1. The van der Waals surface area contributed by atoms with Crippen molar-refractivity contribution >= 4 is 22.6 Å². The summed E-state index contributed by atoms with van der Waals surface area (Å²) in [7, 11) is 0. The second-order valence-corrected chi connectivity index (χ2v) is 10.2. The highest BCUT2D eigenvalue weighted by molar-refractivity contribution is 7.09. The van der Waals surface area contributed by atoms with Crippen LogP contribution in [0.4, 0.5) is 5.13 Å². The molecule has 2 bridgehead atoms. The number of nitrogens with zero attached hydrogens (tertiary/aromatic N) is 3. The molecule has 1 unspecified atom stereocenters. The van der Waals surface area contributed by atoms with E-state index in [-0.39, 0.29) is 47.3 Å². The van der Waals surface area contributed by atoms with Crippen molar-refractivity contribution < 1.29 is 14.6 Å². The van der Waals surface area contributed by atoms with Crippen LogP contribution >= 0.6 is 11.5 Å². The van der Waals surface area contributed by atoms with E-state index in [0.717, 1.165) is 24.0 Å². The van der Waals surface area contributed by atoms with Gasteiger partial charge in [0.2, 0.25) is 11.0 Å². The smallest absolute Gasteiger partial charge is 0.226 e. The number of aliphatic hydroxyl groups excluding tert-OH is 1. The Hall–Kier alpha value is -1.25. The molecule has 3 saturated heterocycles. The molecule has 7 nitrogen and oxygen atoms in total. The molecule has 2 N–H and O–H groups in total. The SMILES string of the molecule is CC(C)NC(=O)C1C[C@@H]2O[C@H]1[C@H]1CN(c3nc(C(C)(C)C)ns3)C[C@H]1[C@@H]2O. The zero-order valence-electron chi connectivity index (χ0n) is 16.7. The number of aromatic nitrogens is 2. The normalized spacial score (nSPS) is 35.6. The van der Waals surface area contributed by atoms with E-state index in [9.17, 15) is 9.90 Å². The van der Waals surface area contributed by atoms with Gasteiger partial charge in [0.15, 0.2) is 0 Å². The third-order valence-corrected chi connectivity index (χ3v) is 6.77. The number of carbonyl (C=O) groups excluding carboxylic acids is 1. The molecule has 0 saturated carbocycles. The van der Waals surface area contributed by atoms with Crippen LogP contribution in [0.5, 0.6) is 0 Å². The highest BCUT2D eigenvalue weighted by Crippen LogP contribution is 2.48. The number of nitrogens with one attached hydrogen (secondary N) is 1. The third-order valence-electron chi connectivity index (χ3n) is 5.99. The lowest BCUT2D eigenvalue weighted by atomic mass is 9.83. The molecule has 6 atom stereocenters. The van der Waals surface area contributed by atoms with E-state index < -0.39 is 6.10 Å². The van der Waals surface area contributed by atoms with E-state index >= 15 is 0 Å². The van der Waals surface area contributed by atoms with Crippen LogP contribution in [0, 0.1) is 17.8 Å². The van der Waals surface area contributed by atoms with Gasteiger partial charge in [0.05, 0.1) is 24.2 Å². The zero-order chi connectivity index (χ0) is 19.5. The summed E-state index contributed by atoms with van der Waals surface area (Å²) in [6.45, 7) is 11.8. The van der Waals surface area contributed by atoms with Crippen LogP contribution in [0.1, 0.15) is 46.9 Å². The lowest BCUT2D eigenvalue weighted by Gasteiger charge is -2.36. The molecule has 0 radical (unpaired) electrons.